The zero-order valence-corrected chi connectivity index (χ0v) is 14.2. The minimum Gasteiger partial charge on any atom is -0.322 e. The molecule has 5 nitrogen and oxygen atoms in total. The number of hydrogen-bond acceptors (Lipinski definition) is 4. The van der Waals surface area contributed by atoms with Crippen LogP contribution in [-0.4, -0.2) is 28.5 Å². The monoisotopic (exact) mass is 380 g/mol. The van der Waals surface area contributed by atoms with E-state index in [9.17, 15) is 14.4 Å². The highest BCUT2D eigenvalue weighted by Gasteiger charge is 2.33. The molecule has 0 atom stereocenters. The smallest absolute Gasteiger partial charge is 0.293 e. The largest absolute Gasteiger partial charge is 0.322 e. The fourth-order valence-electron chi connectivity index (χ4n) is 1.79. The van der Waals surface area contributed by atoms with E-state index in [1.807, 2.05) is 0 Å². The first kappa shape index (κ1) is 16.5. The number of thioether (sulfide) groups is 1. The van der Waals surface area contributed by atoms with Crippen LogP contribution >= 0.6 is 27.7 Å². The lowest BCUT2D eigenvalue weighted by atomic mass is 10.2. The Morgan fingerprint density at radius 2 is 2.00 bits per heavy atom. The van der Waals surface area contributed by atoms with Crippen LogP contribution in [0.3, 0.4) is 0 Å². The molecule has 114 valence electrons. The van der Waals surface area contributed by atoms with Crippen molar-refractivity contribution in [2.24, 2.45) is 0 Å². The Morgan fingerprint density at radius 3 is 2.50 bits per heavy atom. The van der Waals surface area contributed by atoms with Gasteiger partial charge in [0.05, 0.1) is 9.39 Å². The fourth-order valence-corrected chi connectivity index (χ4v) is 2.79. The van der Waals surface area contributed by atoms with Gasteiger partial charge in [0.2, 0.25) is 0 Å². The number of amides is 3. The Hall–Kier alpha value is -1.86. The van der Waals surface area contributed by atoms with Crippen LogP contribution in [0.5, 0.6) is 0 Å². The number of halogens is 1. The molecule has 0 aliphatic carbocycles. The molecule has 1 heterocycles. The van der Waals surface area contributed by atoms with Crippen molar-refractivity contribution in [3.05, 3.63) is 45.8 Å². The summed E-state index contributed by atoms with van der Waals surface area (Å²) in [5, 5.41) is 2.40. The highest BCUT2D eigenvalue weighted by molar-refractivity contribution is 9.12. The molecular formula is C15H13BrN2O3S. The van der Waals surface area contributed by atoms with E-state index >= 15 is 0 Å². The van der Waals surface area contributed by atoms with Crippen molar-refractivity contribution in [1.82, 2.24) is 4.90 Å². The number of nitrogens with zero attached hydrogens (tertiary/aromatic N) is 1. The minimum absolute atomic E-state index is 0.241. The molecule has 0 unspecified atom stereocenters. The highest BCUT2D eigenvalue weighted by Crippen LogP contribution is 2.32. The van der Waals surface area contributed by atoms with Crippen LogP contribution in [-0.2, 0) is 9.59 Å². The molecule has 0 aromatic heterocycles. The Balaban J connectivity index is 2.13. The summed E-state index contributed by atoms with van der Waals surface area (Å²) in [6.07, 6.45) is 1.66. The van der Waals surface area contributed by atoms with Gasteiger partial charge < -0.3 is 5.32 Å². The zero-order valence-electron chi connectivity index (χ0n) is 11.8. The van der Waals surface area contributed by atoms with Crippen LogP contribution in [0, 0.1) is 0 Å². The number of benzene rings is 1. The maximum atomic E-state index is 12.0. The lowest BCUT2D eigenvalue weighted by molar-refractivity contribution is -0.122. The molecule has 2 rings (SSSR count). The number of imide groups is 1. The molecule has 3 amide bonds. The number of rotatable bonds is 4. The molecule has 7 heteroatoms. The van der Waals surface area contributed by atoms with Gasteiger partial charge in [-0.25, -0.2) is 0 Å². The summed E-state index contributed by atoms with van der Waals surface area (Å²) in [6.45, 7) is 5.61. The average molecular weight is 381 g/mol. The molecule has 1 aliphatic rings. The van der Waals surface area contributed by atoms with Gasteiger partial charge in [-0.15, -0.1) is 0 Å². The van der Waals surface area contributed by atoms with E-state index in [-0.39, 0.29) is 21.5 Å². The van der Waals surface area contributed by atoms with Crippen molar-refractivity contribution in [3.8, 4) is 0 Å². The summed E-state index contributed by atoms with van der Waals surface area (Å²) in [5.74, 6) is -0.595. The Morgan fingerprint density at radius 1 is 1.36 bits per heavy atom. The van der Waals surface area contributed by atoms with E-state index in [0.29, 0.717) is 17.1 Å². The van der Waals surface area contributed by atoms with Crippen molar-refractivity contribution >= 4 is 56.5 Å². The number of anilines is 1. The second-order valence-electron chi connectivity index (χ2n) is 4.41. The summed E-state index contributed by atoms with van der Waals surface area (Å²) in [6, 6.07) is 6.94. The number of nitrogens with one attached hydrogen (secondary N) is 1. The van der Waals surface area contributed by atoms with E-state index in [0.717, 1.165) is 17.3 Å². The Bertz CT molecular complexity index is 683. The molecule has 0 saturated carbocycles. The Kier molecular flexibility index (Phi) is 5.20. The van der Waals surface area contributed by atoms with Crippen molar-refractivity contribution in [3.63, 3.8) is 0 Å². The second-order valence-corrected chi connectivity index (χ2v) is 6.36. The molecule has 1 aromatic rings. The molecule has 0 spiro atoms. The Labute approximate surface area is 140 Å². The van der Waals surface area contributed by atoms with Gasteiger partial charge in [-0.1, -0.05) is 18.7 Å². The van der Waals surface area contributed by atoms with Gasteiger partial charge in [0.25, 0.3) is 17.1 Å². The van der Waals surface area contributed by atoms with Crippen LogP contribution in [0.2, 0.25) is 0 Å². The number of hydrogen-bond donors (Lipinski definition) is 1. The summed E-state index contributed by atoms with van der Waals surface area (Å²) < 4.78 is 0.241. The van der Waals surface area contributed by atoms with Crippen molar-refractivity contribution in [1.29, 1.82) is 0 Å². The van der Waals surface area contributed by atoms with Crippen molar-refractivity contribution < 1.29 is 14.4 Å². The summed E-state index contributed by atoms with van der Waals surface area (Å²) >= 11 is 3.93. The molecule has 1 aliphatic heterocycles. The van der Waals surface area contributed by atoms with E-state index in [2.05, 4.69) is 27.8 Å². The van der Waals surface area contributed by atoms with Gasteiger partial charge in [-0.2, -0.15) is 0 Å². The first-order chi connectivity index (χ1) is 10.4. The van der Waals surface area contributed by atoms with Gasteiger partial charge in [0.15, 0.2) is 0 Å². The molecule has 1 aromatic carbocycles. The molecule has 0 bridgehead atoms. The van der Waals surface area contributed by atoms with E-state index in [1.165, 1.54) is 4.90 Å². The third kappa shape index (κ3) is 3.66. The van der Waals surface area contributed by atoms with Crippen molar-refractivity contribution in [2.45, 2.75) is 6.92 Å². The average Bonchev–Trinajstić information content (AvgIpc) is 2.74. The maximum absolute atomic E-state index is 12.0. The lowest BCUT2D eigenvalue weighted by Gasteiger charge is -2.07. The first-order valence-corrected chi connectivity index (χ1v) is 8.04. The number of carbonyl (C=O) groups excluding carboxylic acids is 3. The third-order valence-corrected chi connectivity index (χ3v) is 4.17. The van der Waals surface area contributed by atoms with Gasteiger partial charge in [-0.3, -0.25) is 19.3 Å². The predicted molar refractivity (Wildman–Crippen MR) is 91.5 cm³/mol. The van der Waals surface area contributed by atoms with Crippen LogP contribution in [0.4, 0.5) is 10.5 Å². The van der Waals surface area contributed by atoms with E-state index < -0.39 is 0 Å². The number of likely N-dealkylation sites (N-methyl/N-ethyl adjacent to an activating group) is 1. The van der Waals surface area contributed by atoms with Gasteiger partial charge in [0.1, 0.15) is 0 Å². The molecule has 22 heavy (non-hydrogen) atoms. The molecule has 1 fully saturated rings. The quantitative estimate of drug-likeness (QED) is 0.810. The summed E-state index contributed by atoms with van der Waals surface area (Å²) in [5.41, 5.74) is 1.39. The fraction of sp³-hybridized carbons (Fsp3) is 0.133. The topological polar surface area (TPSA) is 66.5 Å². The highest BCUT2D eigenvalue weighted by atomic mass is 79.9. The normalized spacial score (nSPS) is 16.3. The summed E-state index contributed by atoms with van der Waals surface area (Å²) in [7, 11) is 0. The number of carbonyl (C=O) groups is 3. The van der Waals surface area contributed by atoms with Crippen LogP contribution in [0.1, 0.15) is 12.5 Å². The third-order valence-electron chi connectivity index (χ3n) is 2.90. The van der Waals surface area contributed by atoms with Crippen LogP contribution in [0.25, 0.3) is 6.08 Å². The minimum atomic E-state index is -0.322. The molecular weight excluding hydrogens is 368 g/mol. The van der Waals surface area contributed by atoms with E-state index in [4.69, 9.17) is 0 Å². The molecule has 0 radical (unpaired) electrons. The zero-order chi connectivity index (χ0) is 16.3. The predicted octanol–water partition coefficient (Wildman–Crippen LogP) is 3.59. The lowest BCUT2D eigenvalue weighted by Crippen LogP contribution is -2.27. The second kappa shape index (κ2) is 6.93. The summed E-state index contributed by atoms with van der Waals surface area (Å²) in [4.78, 5) is 36.7. The van der Waals surface area contributed by atoms with Gasteiger partial charge in [-0.05, 0) is 58.4 Å². The molecule has 1 saturated heterocycles. The van der Waals surface area contributed by atoms with Crippen LogP contribution in [0.15, 0.2) is 40.2 Å². The van der Waals surface area contributed by atoms with Crippen molar-refractivity contribution in [2.75, 3.05) is 11.9 Å². The standard InChI is InChI=1S/C15H13BrN2O3S/c1-3-18-14(20)12(22-15(18)21)8-10-4-6-11(7-5-10)17-13(19)9(2)16/h4-8H,2-3H2,1H3,(H,17,19)/b12-8-. The first-order valence-electron chi connectivity index (χ1n) is 6.43. The SMILES string of the molecule is C=C(Br)C(=O)Nc1ccc(/C=C2\SC(=O)N(CC)C2=O)cc1. The van der Waals surface area contributed by atoms with Gasteiger partial charge >= 0.3 is 0 Å². The maximum Gasteiger partial charge on any atom is 0.293 e. The van der Waals surface area contributed by atoms with Gasteiger partial charge in [0, 0.05) is 12.2 Å². The molecule has 1 N–H and O–H groups in total. The van der Waals surface area contributed by atoms with E-state index in [1.54, 1.807) is 37.3 Å². The van der Waals surface area contributed by atoms with Crippen LogP contribution < -0.4 is 5.32 Å².